The van der Waals surface area contributed by atoms with Gasteiger partial charge in [-0.1, -0.05) is 35.9 Å². The number of hydrogen-bond donors (Lipinski definition) is 4. The molecule has 0 aromatic heterocycles. The summed E-state index contributed by atoms with van der Waals surface area (Å²) >= 11 is 1.36. The number of halogens is 2. The van der Waals surface area contributed by atoms with Gasteiger partial charge in [0.2, 0.25) is 11.8 Å². The maximum atomic E-state index is 14.1. The number of rotatable bonds is 9. The lowest BCUT2D eigenvalue weighted by Gasteiger charge is -2.18. The number of hydrogen-bond acceptors (Lipinski definition) is 5. The normalized spacial score (nSPS) is 10.7. The van der Waals surface area contributed by atoms with Crippen LogP contribution >= 0.6 is 11.9 Å². The van der Waals surface area contributed by atoms with Crippen LogP contribution in [0.5, 0.6) is 0 Å². The van der Waals surface area contributed by atoms with E-state index in [1.807, 2.05) is 52.0 Å². The van der Waals surface area contributed by atoms with Crippen molar-refractivity contribution in [2.24, 2.45) is 0 Å². The SMILES string of the molecule is CC(=O)NC(C)(C)C.Cc1ccc(SNCC(=O)NCCNC(=O)c2cc(-c3cccc(F)c3)ccc2F)cc1. The van der Waals surface area contributed by atoms with Gasteiger partial charge in [-0.05, 0) is 87.2 Å². The maximum Gasteiger partial charge on any atom is 0.254 e. The topological polar surface area (TPSA) is 99.3 Å². The molecule has 214 valence electrons. The van der Waals surface area contributed by atoms with Gasteiger partial charge in [-0.2, -0.15) is 0 Å². The predicted octanol–water partition coefficient (Wildman–Crippen LogP) is 5.00. The van der Waals surface area contributed by atoms with Crippen LogP contribution in [0.4, 0.5) is 8.78 Å². The van der Waals surface area contributed by atoms with Crippen LogP contribution in [-0.2, 0) is 9.59 Å². The van der Waals surface area contributed by atoms with E-state index in [1.54, 1.807) is 12.1 Å². The highest BCUT2D eigenvalue weighted by Crippen LogP contribution is 2.23. The van der Waals surface area contributed by atoms with E-state index in [0.29, 0.717) is 11.1 Å². The second-order valence-corrected chi connectivity index (χ2v) is 10.9. The lowest BCUT2D eigenvalue weighted by atomic mass is 10.0. The first-order valence-corrected chi connectivity index (χ1v) is 13.5. The van der Waals surface area contributed by atoms with Gasteiger partial charge in [-0.3, -0.25) is 19.1 Å². The molecular formula is C30H36F2N4O3S. The molecule has 40 heavy (non-hydrogen) atoms. The first-order chi connectivity index (χ1) is 18.8. The average molecular weight is 571 g/mol. The van der Waals surface area contributed by atoms with Crippen LogP contribution in [0.3, 0.4) is 0 Å². The molecule has 10 heteroatoms. The molecule has 3 aromatic rings. The quantitative estimate of drug-likeness (QED) is 0.214. The molecule has 0 spiro atoms. The van der Waals surface area contributed by atoms with Crippen molar-refractivity contribution < 1.29 is 23.2 Å². The highest BCUT2D eigenvalue weighted by atomic mass is 32.2. The summed E-state index contributed by atoms with van der Waals surface area (Å²) in [6.07, 6.45) is 0. The summed E-state index contributed by atoms with van der Waals surface area (Å²) in [6.45, 7) is 9.83. The third kappa shape index (κ3) is 12.4. The fourth-order valence-electron chi connectivity index (χ4n) is 3.40. The zero-order valence-electron chi connectivity index (χ0n) is 23.4. The molecule has 4 N–H and O–H groups in total. The second-order valence-electron chi connectivity index (χ2n) is 9.98. The molecule has 0 saturated carbocycles. The zero-order valence-corrected chi connectivity index (χ0v) is 24.2. The smallest absolute Gasteiger partial charge is 0.254 e. The van der Waals surface area contributed by atoms with Crippen LogP contribution in [0.15, 0.2) is 71.6 Å². The van der Waals surface area contributed by atoms with E-state index in [9.17, 15) is 23.2 Å². The number of nitrogens with one attached hydrogen (secondary N) is 4. The summed E-state index contributed by atoms with van der Waals surface area (Å²) in [6, 6.07) is 17.8. The largest absolute Gasteiger partial charge is 0.353 e. The van der Waals surface area contributed by atoms with Crippen molar-refractivity contribution in [3.8, 4) is 11.1 Å². The number of carbonyl (C=O) groups excluding carboxylic acids is 3. The lowest BCUT2D eigenvalue weighted by Crippen LogP contribution is -2.38. The van der Waals surface area contributed by atoms with E-state index in [1.165, 1.54) is 49.2 Å². The van der Waals surface area contributed by atoms with Gasteiger partial charge < -0.3 is 16.0 Å². The molecule has 0 saturated heterocycles. The molecular weight excluding hydrogens is 534 g/mol. The van der Waals surface area contributed by atoms with Gasteiger partial charge in [0.25, 0.3) is 5.91 Å². The molecule has 0 fully saturated rings. The van der Waals surface area contributed by atoms with Gasteiger partial charge in [0.05, 0.1) is 12.1 Å². The first kappa shape index (κ1) is 32.5. The molecule has 0 bridgehead atoms. The summed E-state index contributed by atoms with van der Waals surface area (Å²) in [4.78, 5) is 35.6. The summed E-state index contributed by atoms with van der Waals surface area (Å²) < 4.78 is 30.6. The van der Waals surface area contributed by atoms with Gasteiger partial charge in [-0.15, -0.1) is 0 Å². The third-order valence-corrected chi connectivity index (χ3v) is 5.89. The van der Waals surface area contributed by atoms with Crippen molar-refractivity contribution >= 4 is 29.7 Å². The molecule has 0 atom stereocenters. The van der Waals surface area contributed by atoms with Crippen LogP contribution in [-0.4, -0.2) is 42.9 Å². The Balaban J connectivity index is 0.000000611. The van der Waals surface area contributed by atoms with Crippen molar-refractivity contribution in [2.45, 2.75) is 45.1 Å². The van der Waals surface area contributed by atoms with Crippen molar-refractivity contribution in [3.05, 3.63) is 89.5 Å². The Morgan fingerprint density at radius 1 is 0.850 bits per heavy atom. The summed E-state index contributed by atoms with van der Waals surface area (Å²) in [5, 5.41) is 8.00. The first-order valence-electron chi connectivity index (χ1n) is 12.7. The van der Waals surface area contributed by atoms with Gasteiger partial charge in [0, 0.05) is 30.4 Å². The van der Waals surface area contributed by atoms with E-state index in [0.717, 1.165) is 10.5 Å². The Kier molecular flexibility index (Phi) is 12.8. The van der Waals surface area contributed by atoms with Crippen LogP contribution in [0.1, 0.15) is 43.6 Å². The standard InChI is InChI=1S/C24H23F2N3O2S.C6H13NO/c1-16-5-8-20(9-6-16)32-29-15-23(30)27-11-12-28-24(31)21-14-18(7-10-22(21)26)17-3-2-4-19(25)13-17;1-5(8)7-6(2,3)4/h2-10,13-14,29H,11-12,15H2,1H3,(H,27,30)(H,28,31);1-4H3,(H,7,8). The molecule has 3 rings (SSSR count). The minimum Gasteiger partial charge on any atom is -0.353 e. The molecule has 3 amide bonds. The van der Waals surface area contributed by atoms with Crippen molar-refractivity contribution in [2.75, 3.05) is 19.6 Å². The van der Waals surface area contributed by atoms with E-state index < -0.39 is 17.5 Å². The number of amides is 3. The molecule has 0 radical (unpaired) electrons. The van der Waals surface area contributed by atoms with Crippen molar-refractivity contribution in [1.29, 1.82) is 0 Å². The highest BCUT2D eigenvalue weighted by Gasteiger charge is 2.13. The zero-order chi connectivity index (χ0) is 29.7. The Bertz CT molecular complexity index is 1290. The van der Waals surface area contributed by atoms with Gasteiger partial charge in [0.15, 0.2) is 0 Å². The molecule has 7 nitrogen and oxygen atoms in total. The number of benzene rings is 3. The van der Waals surface area contributed by atoms with Crippen LogP contribution < -0.4 is 20.7 Å². The third-order valence-electron chi connectivity index (χ3n) is 5.10. The van der Waals surface area contributed by atoms with Crippen LogP contribution in [0.2, 0.25) is 0 Å². The predicted molar refractivity (Wildman–Crippen MR) is 156 cm³/mol. The maximum absolute atomic E-state index is 14.1. The number of carbonyl (C=O) groups is 3. The van der Waals surface area contributed by atoms with Gasteiger partial charge >= 0.3 is 0 Å². The van der Waals surface area contributed by atoms with Crippen LogP contribution in [0.25, 0.3) is 11.1 Å². The van der Waals surface area contributed by atoms with E-state index in [2.05, 4.69) is 20.7 Å². The van der Waals surface area contributed by atoms with Crippen molar-refractivity contribution in [3.63, 3.8) is 0 Å². The molecule has 0 aliphatic rings. The monoisotopic (exact) mass is 570 g/mol. The van der Waals surface area contributed by atoms with Gasteiger partial charge in [0.1, 0.15) is 11.6 Å². The van der Waals surface area contributed by atoms with Gasteiger partial charge in [-0.25, -0.2) is 8.78 Å². The fourth-order valence-corrected chi connectivity index (χ4v) is 4.04. The second kappa shape index (κ2) is 15.7. The summed E-state index contributed by atoms with van der Waals surface area (Å²) in [5.74, 6) is -1.90. The average Bonchev–Trinajstić information content (AvgIpc) is 2.87. The van der Waals surface area contributed by atoms with Crippen molar-refractivity contribution in [1.82, 2.24) is 20.7 Å². The molecule has 0 aliphatic heterocycles. The van der Waals surface area contributed by atoms with E-state index in [4.69, 9.17) is 0 Å². The number of aryl methyl sites for hydroxylation is 1. The minimum atomic E-state index is -0.677. The molecule has 0 heterocycles. The lowest BCUT2D eigenvalue weighted by molar-refractivity contribution is -0.121. The molecule has 0 aliphatic carbocycles. The van der Waals surface area contributed by atoms with E-state index in [-0.39, 0.29) is 42.6 Å². The minimum absolute atomic E-state index is 0.0255. The Morgan fingerprint density at radius 2 is 1.50 bits per heavy atom. The summed E-state index contributed by atoms with van der Waals surface area (Å²) in [7, 11) is 0. The molecule has 0 unspecified atom stereocenters. The van der Waals surface area contributed by atoms with Crippen LogP contribution in [0, 0.1) is 18.6 Å². The molecule has 3 aromatic carbocycles. The Hall–Kier alpha value is -3.76. The summed E-state index contributed by atoms with van der Waals surface area (Å²) in [5.41, 5.74) is 2.01. The van der Waals surface area contributed by atoms with E-state index >= 15 is 0 Å². The Labute approximate surface area is 238 Å². The Morgan fingerprint density at radius 3 is 2.10 bits per heavy atom. The fraction of sp³-hybridized carbons (Fsp3) is 0.300. The highest BCUT2D eigenvalue weighted by molar-refractivity contribution is 7.97.